The third kappa shape index (κ3) is 37.5. The predicted molar refractivity (Wildman–Crippen MR) is 31.1 cm³/mol. The van der Waals surface area contributed by atoms with Gasteiger partial charge < -0.3 is 9.84 Å². The van der Waals surface area contributed by atoms with Crippen molar-refractivity contribution in [2.75, 3.05) is 0 Å². The van der Waals surface area contributed by atoms with E-state index in [2.05, 4.69) is 4.74 Å². The van der Waals surface area contributed by atoms with E-state index in [0.29, 0.717) is 6.92 Å². The summed E-state index contributed by atoms with van der Waals surface area (Å²) in [6.45, 7) is 1.77. The molecule has 0 aliphatic carbocycles. The Morgan fingerprint density at radius 3 is 1.50 bits per heavy atom. The molecule has 0 aliphatic heterocycles. The van der Waals surface area contributed by atoms with Gasteiger partial charge in [0.15, 0.2) is 0 Å². The Hall–Kier alpha value is -1.27. The molecule has 0 fully saturated rings. The first-order valence-electron chi connectivity index (χ1n) is 2.61. The quantitative estimate of drug-likeness (QED) is 0.579. The minimum Gasteiger partial charge on any atom is -0.481 e. The molecule has 0 rings (SSSR count). The summed E-state index contributed by atoms with van der Waals surface area (Å²) in [6.07, 6.45) is -4.83. The normalized spacial score (nSPS) is 9.42. The van der Waals surface area contributed by atoms with E-state index in [0.717, 1.165) is 6.92 Å². The number of hydrogen-bond donors (Lipinski definition) is 1. The number of aliphatic carboxylic acids is 1. The van der Waals surface area contributed by atoms with Crippen LogP contribution in [0.5, 0.6) is 0 Å². The highest BCUT2D eigenvalue weighted by Gasteiger charge is 2.32. The molecule has 0 heterocycles. The zero-order chi connectivity index (χ0) is 10.4. The Labute approximate surface area is 65.9 Å². The largest absolute Gasteiger partial charge is 0.575 e. The third-order valence-electron chi connectivity index (χ3n) is 0.259. The summed E-state index contributed by atoms with van der Waals surface area (Å²) in [5.41, 5.74) is 0. The number of carboxylic acid groups (broad SMARTS) is 1. The minimum atomic E-state index is -4.83. The van der Waals surface area contributed by atoms with Gasteiger partial charge >= 0.3 is 12.3 Å². The highest BCUT2D eigenvalue weighted by atomic mass is 19.4. The van der Waals surface area contributed by atoms with E-state index in [9.17, 15) is 18.0 Å². The first-order valence-corrected chi connectivity index (χ1v) is 2.61. The second-order valence-corrected chi connectivity index (χ2v) is 1.56. The minimum absolute atomic E-state index is 0.688. The fraction of sp³-hybridized carbons (Fsp3) is 0.600. The number of halogens is 3. The Bertz CT molecular complexity index is 159. The molecule has 0 aromatic rings. The topological polar surface area (TPSA) is 63.6 Å². The summed E-state index contributed by atoms with van der Waals surface area (Å²) < 4.78 is 35.4. The summed E-state index contributed by atoms with van der Waals surface area (Å²) in [5, 5.41) is 7.42. The maximum atomic E-state index is 10.9. The summed E-state index contributed by atoms with van der Waals surface area (Å²) in [6, 6.07) is 0. The maximum Gasteiger partial charge on any atom is 0.575 e. The molecule has 1 N–H and O–H groups in total. The smallest absolute Gasteiger partial charge is 0.481 e. The Balaban J connectivity index is 0. The van der Waals surface area contributed by atoms with Crippen LogP contribution >= 0.6 is 0 Å². The molecule has 0 unspecified atom stereocenters. The van der Waals surface area contributed by atoms with Crippen LogP contribution in [0.2, 0.25) is 0 Å². The molecule has 0 radical (unpaired) electrons. The van der Waals surface area contributed by atoms with Gasteiger partial charge in [0.05, 0.1) is 0 Å². The SMILES string of the molecule is CC(=O)O.CC(=O)OC(F)(F)F. The van der Waals surface area contributed by atoms with Crippen molar-refractivity contribution in [2.24, 2.45) is 0 Å². The molecule has 0 saturated heterocycles. The third-order valence-corrected chi connectivity index (χ3v) is 0.259. The van der Waals surface area contributed by atoms with Crippen molar-refractivity contribution >= 4 is 11.9 Å². The van der Waals surface area contributed by atoms with E-state index >= 15 is 0 Å². The van der Waals surface area contributed by atoms with Crippen LogP contribution in [-0.4, -0.2) is 23.4 Å². The second-order valence-electron chi connectivity index (χ2n) is 1.56. The lowest BCUT2D eigenvalue weighted by molar-refractivity contribution is -0.304. The van der Waals surface area contributed by atoms with Gasteiger partial charge in [0, 0.05) is 13.8 Å². The zero-order valence-electron chi connectivity index (χ0n) is 6.31. The first-order chi connectivity index (χ1) is 5.15. The zero-order valence-corrected chi connectivity index (χ0v) is 6.31. The van der Waals surface area contributed by atoms with Gasteiger partial charge in [-0.15, -0.1) is 13.2 Å². The van der Waals surface area contributed by atoms with Crippen LogP contribution in [0.25, 0.3) is 0 Å². The second kappa shape index (κ2) is 5.39. The molecule has 0 aromatic carbocycles. The molecule has 0 saturated carbocycles. The fourth-order valence-electron chi connectivity index (χ4n) is 0.163. The van der Waals surface area contributed by atoms with Gasteiger partial charge in [0.1, 0.15) is 0 Å². The van der Waals surface area contributed by atoms with Crippen molar-refractivity contribution in [3.63, 3.8) is 0 Å². The van der Waals surface area contributed by atoms with E-state index in [1.54, 1.807) is 0 Å². The van der Waals surface area contributed by atoms with E-state index in [4.69, 9.17) is 9.90 Å². The van der Waals surface area contributed by atoms with E-state index in [1.165, 1.54) is 0 Å². The molecular weight excluding hydrogens is 181 g/mol. The highest BCUT2D eigenvalue weighted by molar-refractivity contribution is 5.66. The van der Waals surface area contributed by atoms with Crippen molar-refractivity contribution in [2.45, 2.75) is 20.2 Å². The van der Waals surface area contributed by atoms with Gasteiger partial charge in [0.2, 0.25) is 0 Å². The van der Waals surface area contributed by atoms with Gasteiger partial charge in [-0.05, 0) is 0 Å². The lowest BCUT2D eigenvalue weighted by Gasteiger charge is -2.02. The number of rotatable bonds is 0. The number of carboxylic acids is 1. The summed E-state index contributed by atoms with van der Waals surface area (Å²) in [4.78, 5) is 18.5. The number of ether oxygens (including phenoxy) is 1. The van der Waals surface area contributed by atoms with Crippen LogP contribution in [0.1, 0.15) is 13.8 Å². The molecule has 4 nitrogen and oxygen atoms in total. The van der Waals surface area contributed by atoms with Gasteiger partial charge in [0.25, 0.3) is 5.97 Å². The molecule has 0 atom stereocenters. The molecule has 0 amide bonds. The average Bonchev–Trinajstić information content (AvgIpc) is 1.52. The lowest BCUT2D eigenvalue weighted by Crippen LogP contribution is -2.16. The van der Waals surface area contributed by atoms with E-state index in [1.807, 2.05) is 0 Å². The van der Waals surface area contributed by atoms with E-state index in [-0.39, 0.29) is 0 Å². The monoisotopic (exact) mass is 188 g/mol. The molecule has 0 spiro atoms. The fourth-order valence-corrected chi connectivity index (χ4v) is 0.163. The standard InChI is InChI=1S/C3H3F3O2.C2H4O2/c1-2(7)8-3(4,5)6;1-2(3)4/h1H3;1H3,(H,3,4). The number of hydrogen-bond acceptors (Lipinski definition) is 3. The van der Waals surface area contributed by atoms with Crippen LogP contribution in [0.4, 0.5) is 13.2 Å². The highest BCUT2D eigenvalue weighted by Crippen LogP contribution is 2.15. The number of esters is 1. The van der Waals surface area contributed by atoms with Crippen molar-refractivity contribution < 1.29 is 32.6 Å². The molecular formula is C5H7F3O4. The summed E-state index contributed by atoms with van der Waals surface area (Å²) >= 11 is 0. The summed E-state index contributed by atoms with van der Waals surface area (Å²) in [7, 11) is 0. The first kappa shape index (κ1) is 13.3. The molecule has 0 aromatic heterocycles. The van der Waals surface area contributed by atoms with Crippen molar-refractivity contribution in [3.05, 3.63) is 0 Å². The Morgan fingerprint density at radius 2 is 1.50 bits per heavy atom. The van der Waals surface area contributed by atoms with Gasteiger partial charge in [-0.3, -0.25) is 9.59 Å². The van der Waals surface area contributed by atoms with Crippen LogP contribution < -0.4 is 0 Å². The maximum absolute atomic E-state index is 10.9. The number of alkyl halides is 3. The van der Waals surface area contributed by atoms with Crippen molar-refractivity contribution in [1.82, 2.24) is 0 Å². The molecule has 7 heteroatoms. The van der Waals surface area contributed by atoms with Crippen LogP contribution in [0, 0.1) is 0 Å². The molecule has 72 valence electrons. The molecule has 0 bridgehead atoms. The lowest BCUT2D eigenvalue weighted by atomic mass is 10.8. The molecule has 12 heavy (non-hydrogen) atoms. The molecule has 0 aliphatic rings. The van der Waals surface area contributed by atoms with Gasteiger partial charge in [-0.25, -0.2) is 0 Å². The van der Waals surface area contributed by atoms with Crippen LogP contribution in [0.3, 0.4) is 0 Å². The van der Waals surface area contributed by atoms with E-state index < -0.39 is 18.3 Å². The summed E-state index contributed by atoms with van der Waals surface area (Å²) in [5.74, 6) is -2.18. The number of carbonyl (C=O) groups excluding carboxylic acids is 1. The van der Waals surface area contributed by atoms with Crippen molar-refractivity contribution in [3.8, 4) is 0 Å². The van der Waals surface area contributed by atoms with Gasteiger partial charge in [-0.1, -0.05) is 0 Å². The van der Waals surface area contributed by atoms with Gasteiger partial charge in [-0.2, -0.15) is 0 Å². The number of carbonyl (C=O) groups is 2. The van der Waals surface area contributed by atoms with Crippen molar-refractivity contribution in [1.29, 1.82) is 0 Å². The Morgan fingerprint density at radius 1 is 1.25 bits per heavy atom. The van der Waals surface area contributed by atoms with Crippen LogP contribution in [0.15, 0.2) is 0 Å². The van der Waals surface area contributed by atoms with Crippen LogP contribution in [-0.2, 0) is 14.3 Å². The Kier molecular flexibility index (Phi) is 5.99. The average molecular weight is 188 g/mol. The predicted octanol–water partition coefficient (Wildman–Crippen LogP) is 1.16.